The molecule has 1 N–H and O–H groups in total. The summed E-state index contributed by atoms with van der Waals surface area (Å²) < 4.78 is 0. The van der Waals surface area contributed by atoms with Gasteiger partial charge in [-0.25, -0.2) is 0 Å². The highest BCUT2D eigenvalue weighted by Gasteiger charge is 2.54. The molecule has 6 rings (SSSR count). The normalized spacial score (nSPS) is 30.0. The first-order valence-electron chi connectivity index (χ1n) is 11.3. The van der Waals surface area contributed by atoms with Crippen molar-refractivity contribution in [1.29, 1.82) is 0 Å². The second-order valence-electron chi connectivity index (χ2n) is 9.05. The number of nitrogens with zero attached hydrogens (tertiary/aromatic N) is 2. The van der Waals surface area contributed by atoms with E-state index in [9.17, 15) is 9.90 Å². The van der Waals surface area contributed by atoms with E-state index in [1.165, 1.54) is 0 Å². The topological polar surface area (TPSA) is 53.4 Å². The largest absolute Gasteiger partial charge is 0.382 e. The number of carbonyl (C=O) groups is 1. The summed E-state index contributed by atoms with van der Waals surface area (Å²) in [6.07, 6.45) is 12.5. The summed E-state index contributed by atoms with van der Waals surface area (Å²) in [5.74, 6) is 3.19. The van der Waals surface area contributed by atoms with E-state index in [1.807, 2.05) is 30.3 Å². The zero-order valence-electron chi connectivity index (χ0n) is 17.8. The number of ketones is 1. The summed E-state index contributed by atoms with van der Waals surface area (Å²) in [5, 5.41) is 12.1. The molecule has 0 amide bonds. The van der Waals surface area contributed by atoms with Gasteiger partial charge in [-0.3, -0.25) is 14.7 Å². The lowest BCUT2D eigenvalue weighted by Crippen LogP contribution is -2.63. The van der Waals surface area contributed by atoms with Crippen LogP contribution in [0.15, 0.2) is 48.5 Å². The molecule has 2 unspecified atom stereocenters. The van der Waals surface area contributed by atoms with E-state index in [2.05, 4.69) is 23.0 Å². The molecule has 1 aromatic heterocycles. The van der Waals surface area contributed by atoms with Crippen LogP contribution in [-0.4, -0.2) is 39.9 Å². The number of aromatic nitrogens is 1. The molecule has 3 saturated heterocycles. The molecular formula is C27H28N2O2. The Morgan fingerprint density at radius 3 is 2.61 bits per heavy atom. The number of carbonyl (C=O) groups excluding carboxylic acids is 1. The van der Waals surface area contributed by atoms with Gasteiger partial charge in [0.2, 0.25) is 0 Å². The quantitative estimate of drug-likeness (QED) is 0.778. The van der Waals surface area contributed by atoms with Crippen LogP contribution in [0.4, 0.5) is 0 Å². The van der Waals surface area contributed by atoms with Crippen molar-refractivity contribution in [3.63, 3.8) is 0 Å². The zero-order valence-corrected chi connectivity index (χ0v) is 17.8. The molecule has 31 heavy (non-hydrogen) atoms. The average Bonchev–Trinajstić information content (AvgIpc) is 2.80. The van der Waals surface area contributed by atoms with E-state index in [4.69, 9.17) is 11.4 Å². The molecule has 2 aromatic rings. The number of fused-ring (bicyclic) bond motifs is 3. The van der Waals surface area contributed by atoms with E-state index in [0.717, 1.165) is 66.9 Å². The number of benzene rings is 1. The maximum atomic E-state index is 12.1. The lowest BCUT2D eigenvalue weighted by Gasteiger charge is -2.54. The van der Waals surface area contributed by atoms with Crippen molar-refractivity contribution < 1.29 is 9.90 Å². The summed E-state index contributed by atoms with van der Waals surface area (Å²) >= 11 is 0. The van der Waals surface area contributed by atoms with Crippen molar-refractivity contribution in [2.24, 2.45) is 5.92 Å². The van der Waals surface area contributed by atoms with Crippen molar-refractivity contribution >= 4 is 11.4 Å². The molecule has 2 bridgehead atoms. The van der Waals surface area contributed by atoms with E-state index >= 15 is 0 Å². The molecule has 0 saturated carbocycles. The van der Waals surface area contributed by atoms with Crippen LogP contribution in [0, 0.1) is 18.3 Å². The van der Waals surface area contributed by atoms with Crippen LogP contribution in [0.2, 0.25) is 0 Å². The molecule has 1 aromatic carbocycles. The van der Waals surface area contributed by atoms with Crippen LogP contribution >= 0.6 is 0 Å². The van der Waals surface area contributed by atoms with Gasteiger partial charge in [-0.2, -0.15) is 0 Å². The second kappa shape index (κ2) is 8.07. The van der Waals surface area contributed by atoms with E-state index in [1.54, 1.807) is 6.08 Å². The lowest BCUT2D eigenvalue weighted by atomic mass is 9.66. The van der Waals surface area contributed by atoms with Crippen LogP contribution in [0.1, 0.15) is 54.6 Å². The minimum atomic E-state index is -1.10. The fourth-order valence-electron chi connectivity index (χ4n) is 5.66. The first kappa shape index (κ1) is 20.2. The highest BCUT2D eigenvalue weighted by Crippen LogP contribution is 2.47. The van der Waals surface area contributed by atoms with E-state index in [0.29, 0.717) is 12.8 Å². The van der Waals surface area contributed by atoms with Gasteiger partial charge in [-0.1, -0.05) is 42.3 Å². The number of pyridine rings is 1. The van der Waals surface area contributed by atoms with Crippen molar-refractivity contribution in [2.45, 2.75) is 50.2 Å². The highest BCUT2D eigenvalue weighted by molar-refractivity contribution is 5.98. The number of terminal acetylenes is 1. The molecule has 0 radical (unpaired) electrons. The number of piperidine rings is 3. The van der Waals surface area contributed by atoms with E-state index in [-0.39, 0.29) is 17.7 Å². The SMILES string of the molecule is C#CC1N2CCC(CC2)C1(O)c1ccc(C2=CC(=O)CCC2)nc1Cc1ccccc1. The molecular weight excluding hydrogens is 384 g/mol. The van der Waals surface area contributed by atoms with Gasteiger partial charge in [0.1, 0.15) is 11.6 Å². The van der Waals surface area contributed by atoms with Gasteiger partial charge in [-0.05, 0) is 68.0 Å². The third-order valence-electron chi connectivity index (χ3n) is 7.25. The van der Waals surface area contributed by atoms with Crippen molar-refractivity contribution in [3.8, 4) is 12.3 Å². The molecule has 4 aliphatic rings. The fraction of sp³-hybridized carbons (Fsp3) is 0.407. The number of hydrogen-bond donors (Lipinski definition) is 1. The van der Waals surface area contributed by atoms with Crippen LogP contribution < -0.4 is 0 Å². The minimum Gasteiger partial charge on any atom is -0.382 e. The van der Waals surface area contributed by atoms with Crippen LogP contribution in [0.5, 0.6) is 0 Å². The Hall–Kier alpha value is -2.74. The van der Waals surface area contributed by atoms with Crippen LogP contribution in [0.25, 0.3) is 5.57 Å². The fourth-order valence-corrected chi connectivity index (χ4v) is 5.66. The average molecular weight is 413 g/mol. The standard InChI is InChI=1S/C27H28N2O2/c1-2-26-27(31,21-13-15-29(26)16-14-21)23-11-12-24(20-9-6-10-22(30)18-20)28-25(23)17-19-7-4-3-5-8-19/h1,3-5,7-8,11-12,18,21,26,31H,6,9-10,13-17H2. The van der Waals surface area contributed by atoms with Crippen LogP contribution in [-0.2, 0) is 16.8 Å². The summed E-state index contributed by atoms with van der Waals surface area (Å²) in [4.78, 5) is 19.3. The third kappa shape index (κ3) is 3.52. The smallest absolute Gasteiger partial charge is 0.156 e. The molecule has 3 fully saturated rings. The number of rotatable bonds is 4. The Kier molecular flexibility index (Phi) is 5.25. The molecule has 4 heterocycles. The molecule has 0 spiro atoms. The molecule has 2 atom stereocenters. The van der Waals surface area contributed by atoms with Crippen molar-refractivity contribution in [2.75, 3.05) is 13.1 Å². The highest BCUT2D eigenvalue weighted by atomic mass is 16.3. The monoisotopic (exact) mass is 412 g/mol. The summed E-state index contributed by atoms with van der Waals surface area (Å²) in [7, 11) is 0. The maximum absolute atomic E-state index is 12.1. The summed E-state index contributed by atoms with van der Waals surface area (Å²) in [5.41, 5.74) is 3.58. The Bertz CT molecular complexity index is 1060. The molecule has 1 aliphatic carbocycles. The first-order chi connectivity index (χ1) is 15.1. The van der Waals surface area contributed by atoms with Gasteiger partial charge in [0, 0.05) is 18.4 Å². The molecule has 4 nitrogen and oxygen atoms in total. The Balaban J connectivity index is 1.62. The predicted molar refractivity (Wildman–Crippen MR) is 121 cm³/mol. The molecule has 158 valence electrons. The van der Waals surface area contributed by atoms with Gasteiger partial charge in [-0.15, -0.1) is 6.42 Å². The Labute approximate surface area is 184 Å². The van der Waals surface area contributed by atoms with Gasteiger partial charge in [0.05, 0.1) is 11.4 Å². The van der Waals surface area contributed by atoms with Crippen molar-refractivity contribution in [3.05, 3.63) is 71.1 Å². The van der Waals surface area contributed by atoms with Crippen molar-refractivity contribution in [1.82, 2.24) is 9.88 Å². The maximum Gasteiger partial charge on any atom is 0.156 e. The zero-order chi connectivity index (χ0) is 21.4. The number of hydrogen-bond acceptors (Lipinski definition) is 4. The Morgan fingerprint density at radius 2 is 1.90 bits per heavy atom. The molecule has 3 aliphatic heterocycles. The molecule has 4 heteroatoms. The van der Waals surface area contributed by atoms with E-state index < -0.39 is 5.60 Å². The Morgan fingerprint density at radius 1 is 1.13 bits per heavy atom. The lowest BCUT2D eigenvalue weighted by molar-refractivity contribution is -0.143. The van der Waals surface area contributed by atoms with Gasteiger partial charge >= 0.3 is 0 Å². The van der Waals surface area contributed by atoms with Gasteiger partial charge in [0.25, 0.3) is 0 Å². The summed E-state index contributed by atoms with van der Waals surface area (Å²) in [6, 6.07) is 13.9. The number of allylic oxidation sites excluding steroid dienone is 2. The summed E-state index contributed by atoms with van der Waals surface area (Å²) in [6.45, 7) is 1.88. The first-order valence-corrected chi connectivity index (χ1v) is 11.3. The van der Waals surface area contributed by atoms with Gasteiger partial charge < -0.3 is 5.11 Å². The minimum absolute atomic E-state index is 0.135. The third-order valence-corrected chi connectivity index (χ3v) is 7.25. The van der Waals surface area contributed by atoms with Gasteiger partial charge in [0.15, 0.2) is 5.78 Å². The second-order valence-corrected chi connectivity index (χ2v) is 9.05. The number of aliphatic hydroxyl groups is 1. The van der Waals surface area contributed by atoms with Crippen LogP contribution in [0.3, 0.4) is 0 Å². The predicted octanol–water partition coefficient (Wildman–Crippen LogP) is 3.72.